The van der Waals surface area contributed by atoms with Crippen LogP contribution in [0.3, 0.4) is 0 Å². The highest BCUT2D eigenvalue weighted by Crippen LogP contribution is 2.28. The molecule has 0 amide bonds. The summed E-state index contributed by atoms with van der Waals surface area (Å²) in [6, 6.07) is 8.12. The molecular formula is C20H18FN5O3. The molecule has 0 aliphatic carbocycles. The largest absolute Gasteiger partial charge is 0.496 e. The lowest BCUT2D eigenvalue weighted by Gasteiger charge is -2.13. The minimum atomic E-state index is -0.516. The van der Waals surface area contributed by atoms with Crippen LogP contribution in [0.5, 0.6) is 5.75 Å². The minimum Gasteiger partial charge on any atom is -0.496 e. The molecule has 0 aliphatic heterocycles. The van der Waals surface area contributed by atoms with Crippen LogP contribution < -0.4 is 21.1 Å². The highest BCUT2D eigenvalue weighted by atomic mass is 19.1. The lowest BCUT2D eigenvalue weighted by molar-refractivity contribution is 0.411. The van der Waals surface area contributed by atoms with Crippen molar-refractivity contribution in [3.05, 3.63) is 64.0 Å². The van der Waals surface area contributed by atoms with Crippen LogP contribution in [0.25, 0.3) is 11.1 Å². The summed E-state index contributed by atoms with van der Waals surface area (Å²) < 4.78 is 24.5. The molecule has 0 bridgehead atoms. The number of nitrogens with zero attached hydrogens (tertiary/aromatic N) is 2. The first-order chi connectivity index (χ1) is 13.9. The monoisotopic (exact) mass is 395 g/mol. The molecule has 0 fully saturated rings. The fraction of sp³-hybridized carbons (Fsp3) is 0.150. The van der Waals surface area contributed by atoms with Crippen molar-refractivity contribution in [2.75, 3.05) is 17.7 Å². The fourth-order valence-corrected chi connectivity index (χ4v) is 2.88. The quantitative estimate of drug-likeness (QED) is 0.466. The lowest BCUT2D eigenvalue weighted by atomic mass is 10.2. The average molecular weight is 395 g/mol. The Bertz CT molecular complexity index is 1260. The van der Waals surface area contributed by atoms with E-state index in [2.05, 4.69) is 25.6 Å². The Balaban J connectivity index is 1.62. The standard InChI is InChI=1S/C20H18FN5O3/c1-10-6-13(21)14(8-17(10)28-3)24-19-22-9-11(2)18(26-19)23-12-4-5-16-15(7-12)25-20(27)29-16/h4-9H,1-3H3,(H,25,27)(H2,22,23,24,26). The zero-order valence-corrected chi connectivity index (χ0v) is 16.0. The molecule has 4 aromatic rings. The molecule has 4 rings (SSSR count). The van der Waals surface area contributed by atoms with E-state index in [1.807, 2.05) is 6.92 Å². The van der Waals surface area contributed by atoms with Crippen LogP contribution in [-0.2, 0) is 0 Å². The lowest BCUT2D eigenvalue weighted by Crippen LogP contribution is -2.04. The van der Waals surface area contributed by atoms with E-state index in [1.54, 1.807) is 37.4 Å². The molecule has 2 heterocycles. The summed E-state index contributed by atoms with van der Waals surface area (Å²) in [5.74, 6) is 0.364. The third-order valence-corrected chi connectivity index (χ3v) is 4.38. The second kappa shape index (κ2) is 7.27. The summed E-state index contributed by atoms with van der Waals surface area (Å²) in [5, 5.41) is 6.05. The third-order valence-electron chi connectivity index (χ3n) is 4.38. The Morgan fingerprint density at radius 3 is 2.76 bits per heavy atom. The van der Waals surface area contributed by atoms with Gasteiger partial charge in [0.25, 0.3) is 0 Å². The topological polar surface area (TPSA) is 105 Å². The van der Waals surface area contributed by atoms with E-state index < -0.39 is 11.6 Å². The van der Waals surface area contributed by atoms with E-state index in [-0.39, 0.29) is 11.6 Å². The summed E-state index contributed by atoms with van der Waals surface area (Å²) in [7, 11) is 1.53. The number of rotatable bonds is 5. The fourth-order valence-electron chi connectivity index (χ4n) is 2.88. The highest BCUT2D eigenvalue weighted by molar-refractivity contribution is 5.78. The second-order valence-electron chi connectivity index (χ2n) is 6.50. The third kappa shape index (κ3) is 3.75. The van der Waals surface area contributed by atoms with Crippen LogP contribution in [0.2, 0.25) is 0 Å². The molecule has 2 aromatic carbocycles. The molecule has 0 saturated carbocycles. The van der Waals surface area contributed by atoms with Crippen molar-refractivity contribution in [3.63, 3.8) is 0 Å². The van der Waals surface area contributed by atoms with Crippen LogP contribution in [0.1, 0.15) is 11.1 Å². The number of hydrogen-bond acceptors (Lipinski definition) is 7. The highest BCUT2D eigenvalue weighted by Gasteiger charge is 2.11. The van der Waals surface area contributed by atoms with Crippen molar-refractivity contribution in [1.82, 2.24) is 15.0 Å². The van der Waals surface area contributed by atoms with Crippen LogP contribution in [0, 0.1) is 19.7 Å². The molecule has 3 N–H and O–H groups in total. The number of nitrogens with one attached hydrogen (secondary N) is 3. The number of H-pyrrole nitrogens is 1. The van der Waals surface area contributed by atoms with Crippen molar-refractivity contribution in [2.24, 2.45) is 0 Å². The number of fused-ring (bicyclic) bond motifs is 1. The summed E-state index contributed by atoms with van der Waals surface area (Å²) in [6.07, 6.45) is 1.62. The Morgan fingerprint density at radius 2 is 1.97 bits per heavy atom. The molecule has 0 saturated heterocycles. The van der Waals surface area contributed by atoms with Gasteiger partial charge in [0, 0.05) is 23.5 Å². The van der Waals surface area contributed by atoms with Gasteiger partial charge in [0.2, 0.25) is 5.95 Å². The van der Waals surface area contributed by atoms with Gasteiger partial charge in [-0.3, -0.25) is 4.98 Å². The Labute approximate surface area is 164 Å². The maximum absolute atomic E-state index is 14.3. The van der Waals surface area contributed by atoms with E-state index >= 15 is 0 Å². The molecule has 0 radical (unpaired) electrons. The van der Waals surface area contributed by atoms with Gasteiger partial charge in [0.15, 0.2) is 5.58 Å². The first-order valence-electron chi connectivity index (χ1n) is 8.77. The summed E-state index contributed by atoms with van der Waals surface area (Å²) in [5.41, 5.74) is 3.42. The van der Waals surface area contributed by atoms with Crippen molar-refractivity contribution in [3.8, 4) is 5.75 Å². The van der Waals surface area contributed by atoms with E-state index in [0.29, 0.717) is 33.9 Å². The van der Waals surface area contributed by atoms with Crippen LogP contribution in [0.4, 0.5) is 27.5 Å². The summed E-state index contributed by atoms with van der Waals surface area (Å²) in [4.78, 5) is 22.6. The van der Waals surface area contributed by atoms with Gasteiger partial charge in [-0.25, -0.2) is 14.2 Å². The number of aryl methyl sites for hydroxylation is 2. The van der Waals surface area contributed by atoms with Gasteiger partial charge in [-0.2, -0.15) is 4.98 Å². The number of aromatic nitrogens is 3. The predicted molar refractivity (Wildman–Crippen MR) is 108 cm³/mol. The van der Waals surface area contributed by atoms with Gasteiger partial charge in [-0.05, 0) is 43.7 Å². The van der Waals surface area contributed by atoms with E-state index in [9.17, 15) is 9.18 Å². The van der Waals surface area contributed by atoms with Gasteiger partial charge in [0.1, 0.15) is 17.4 Å². The van der Waals surface area contributed by atoms with Gasteiger partial charge in [-0.15, -0.1) is 0 Å². The maximum Gasteiger partial charge on any atom is 0.417 e. The molecular weight excluding hydrogens is 377 g/mol. The molecule has 2 aromatic heterocycles. The normalized spacial score (nSPS) is 10.9. The first-order valence-corrected chi connectivity index (χ1v) is 8.77. The molecule has 148 valence electrons. The molecule has 29 heavy (non-hydrogen) atoms. The zero-order valence-electron chi connectivity index (χ0n) is 16.0. The minimum absolute atomic E-state index is 0.208. The number of oxazole rings is 1. The molecule has 9 heteroatoms. The molecule has 0 spiro atoms. The van der Waals surface area contributed by atoms with Gasteiger partial charge < -0.3 is 19.8 Å². The molecule has 0 aliphatic rings. The van der Waals surface area contributed by atoms with Crippen molar-refractivity contribution >= 4 is 34.2 Å². The Morgan fingerprint density at radius 1 is 1.14 bits per heavy atom. The van der Waals surface area contributed by atoms with Crippen molar-refractivity contribution in [2.45, 2.75) is 13.8 Å². The predicted octanol–water partition coefficient (Wildman–Crippen LogP) is 4.16. The van der Waals surface area contributed by atoms with E-state index in [0.717, 1.165) is 5.56 Å². The number of hydrogen-bond donors (Lipinski definition) is 3. The van der Waals surface area contributed by atoms with Crippen molar-refractivity contribution < 1.29 is 13.5 Å². The number of methoxy groups -OCH3 is 1. The maximum atomic E-state index is 14.3. The summed E-state index contributed by atoms with van der Waals surface area (Å²) >= 11 is 0. The first kappa shape index (κ1) is 18.5. The van der Waals surface area contributed by atoms with E-state index in [4.69, 9.17) is 9.15 Å². The zero-order chi connectivity index (χ0) is 20.5. The second-order valence-corrected chi connectivity index (χ2v) is 6.50. The number of aromatic amines is 1. The molecule has 8 nitrogen and oxygen atoms in total. The van der Waals surface area contributed by atoms with Crippen LogP contribution in [-0.4, -0.2) is 22.1 Å². The average Bonchev–Trinajstić information content (AvgIpc) is 3.06. The molecule has 0 unspecified atom stereocenters. The van der Waals surface area contributed by atoms with Gasteiger partial charge in [-0.1, -0.05) is 0 Å². The number of ether oxygens (including phenoxy) is 1. The smallest absolute Gasteiger partial charge is 0.417 e. The van der Waals surface area contributed by atoms with Crippen LogP contribution >= 0.6 is 0 Å². The van der Waals surface area contributed by atoms with Crippen LogP contribution in [0.15, 0.2) is 45.7 Å². The Hall–Kier alpha value is -3.88. The van der Waals surface area contributed by atoms with Gasteiger partial charge in [0.05, 0.1) is 18.3 Å². The number of benzene rings is 2. The van der Waals surface area contributed by atoms with Gasteiger partial charge >= 0.3 is 5.76 Å². The number of anilines is 4. The SMILES string of the molecule is COc1cc(Nc2ncc(C)c(Nc3ccc4oc(=O)[nH]c4c3)n2)c(F)cc1C. The number of halogens is 1. The van der Waals surface area contributed by atoms with E-state index in [1.165, 1.54) is 13.2 Å². The Kier molecular flexibility index (Phi) is 4.63. The summed E-state index contributed by atoms with van der Waals surface area (Å²) in [6.45, 7) is 3.61. The van der Waals surface area contributed by atoms with Crippen molar-refractivity contribution in [1.29, 1.82) is 0 Å². The molecule has 0 atom stereocenters.